The normalized spacial score (nSPS) is 10.8. The summed E-state index contributed by atoms with van der Waals surface area (Å²) in [5.41, 5.74) is 0. The first-order valence-electron chi connectivity index (χ1n) is 7.22. The first kappa shape index (κ1) is 16.7. The summed E-state index contributed by atoms with van der Waals surface area (Å²) in [5, 5.41) is 6.62. The minimum atomic E-state index is 0.422. The van der Waals surface area contributed by atoms with Crippen LogP contribution in [0.15, 0.2) is 6.07 Å². The summed E-state index contributed by atoms with van der Waals surface area (Å²) in [4.78, 5) is 11.1. The molecule has 0 aromatic carbocycles. The summed E-state index contributed by atoms with van der Waals surface area (Å²) >= 11 is 0. The van der Waals surface area contributed by atoms with E-state index in [1.54, 1.807) is 7.11 Å². The average molecular weight is 281 g/mol. The van der Waals surface area contributed by atoms with Crippen LogP contribution in [-0.4, -0.2) is 55.2 Å². The molecule has 6 nitrogen and oxygen atoms in total. The van der Waals surface area contributed by atoms with Crippen LogP contribution in [0.1, 0.15) is 26.1 Å². The number of anilines is 2. The van der Waals surface area contributed by atoms with E-state index in [9.17, 15) is 0 Å². The van der Waals surface area contributed by atoms with Crippen molar-refractivity contribution < 1.29 is 4.74 Å². The third kappa shape index (κ3) is 6.16. The molecule has 1 aromatic heterocycles. The van der Waals surface area contributed by atoms with Crippen LogP contribution in [0.2, 0.25) is 0 Å². The fourth-order valence-electron chi connectivity index (χ4n) is 1.66. The molecule has 1 rings (SSSR count). The fraction of sp³-hybridized carbons (Fsp3) is 0.714. The molecule has 0 aliphatic heterocycles. The molecule has 0 fully saturated rings. The van der Waals surface area contributed by atoms with Crippen molar-refractivity contribution in [2.75, 3.05) is 51.0 Å². The van der Waals surface area contributed by atoms with Crippen molar-refractivity contribution in [3.05, 3.63) is 11.9 Å². The third-order valence-electron chi connectivity index (χ3n) is 2.94. The van der Waals surface area contributed by atoms with Gasteiger partial charge in [0, 0.05) is 32.8 Å². The molecule has 20 heavy (non-hydrogen) atoms. The molecular formula is C14H27N5O. The van der Waals surface area contributed by atoms with E-state index in [4.69, 9.17) is 4.74 Å². The standard InChI is InChI=1S/C14H27N5O/c1-5-7-15-12-10-13(16-8-9-19(3)6-2)18-14(17-12)11-20-4/h10H,5-9,11H2,1-4H3,(H2,15,16,17,18). The zero-order valence-corrected chi connectivity index (χ0v) is 13.1. The Morgan fingerprint density at radius 1 is 1.15 bits per heavy atom. The highest BCUT2D eigenvalue weighted by atomic mass is 16.5. The van der Waals surface area contributed by atoms with Gasteiger partial charge >= 0.3 is 0 Å². The molecule has 0 radical (unpaired) electrons. The van der Waals surface area contributed by atoms with Crippen LogP contribution in [0.5, 0.6) is 0 Å². The molecule has 1 aromatic rings. The molecule has 0 aliphatic carbocycles. The van der Waals surface area contributed by atoms with E-state index in [1.807, 2.05) is 6.07 Å². The maximum absolute atomic E-state index is 5.11. The van der Waals surface area contributed by atoms with Gasteiger partial charge in [-0.25, -0.2) is 9.97 Å². The number of hydrogen-bond acceptors (Lipinski definition) is 6. The van der Waals surface area contributed by atoms with Gasteiger partial charge in [0.25, 0.3) is 0 Å². The van der Waals surface area contributed by atoms with E-state index in [0.29, 0.717) is 12.4 Å². The Labute approximate surface area is 121 Å². The van der Waals surface area contributed by atoms with E-state index < -0.39 is 0 Å². The Balaban J connectivity index is 2.64. The van der Waals surface area contributed by atoms with Gasteiger partial charge in [0.1, 0.15) is 18.2 Å². The van der Waals surface area contributed by atoms with Crippen LogP contribution in [0, 0.1) is 0 Å². The monoisotopic (exact) mass is 281 g/mol. The van der Waals surface area contributed by atoms with Crippen molar-refractivity contribution in [2.24, 2.45) is 0 Å². The second-order valence-electron chi connectivity index (χ2n) is 4.74. The molecule has 1 heterocycles. The summed E-state index contributed by atoms with van der Waals surface area (Å²) < 4.78 is 5.11. The quantitative estimate of drug-likeness (QED) is 0.682. The van der Waals surface area contributed by atoms with Gasteiger partial charge in [0.15, 0.2) is 5.82 Å². The molecule has 0 amide bonds. The molecule has 0 saturated heterocycles. The molecule has 114 valence electrons. The number of methoxy groups -OCH3 is 1. The van der Waals surface area contributed by atoms with Gasteiger partial charge in [-0.15, -0.1) is 0 Å². The van der Waals surface area contributed by atoms with Gasteiger partial charge in [-0.2, -0.15) is 0 Å². The van der Waals surface area contributed by atoms with Gasteiger partial charge < -0.3 is 20.3 Å². The zero-order chi connectivity index (χ0) is 14.8. The number of rotatable bonds is 10. The summed E-state index contributed by atoms with van der Waals surface area (Å²) in [5.74, 6) is 2.38. The van der Waals surface area contributed by atoms with E-state index in [2.05, 4.69) is 46.4 Å². The smallest absolute Gasteiger partial charge is 0.158 e. The molecule has 0 saturated carbocycles. The predicted octanol–water partition coefficient (Wildman–Crippen LogP) is 1.81. The van der Waals surface area contributed by atoms with Crippen molar-refractivity contribution in [1.29, 1.82) is 0 Å². The number of hydrogen-bond donors (Lipinski definition) is 2. The summed E-state index contributed by atoms with van der Waals surface area (Å²) in [7, 11) is 3.76. The third-order valence-corrected chi connectivity index (χ3v) is 2.94. The predicted molar refractivity (Wildman–Crippen MR) is 83.2 cm³/mol. The van der Waals surface area contributed by atoms with Gasteiger partial charge in [-0.05, 0) is 20.0 Å². The molecule has 0 bridgehead atoms. The highest BCUT2D eigenvalue weighted by Crippen LogP contribution is 2.12. The van der Waals surface area contributed by atoms with Crippen LogP contribution < -0.4 is 10.6 Å². The largest absolute Gasteiger partial charge is 0.377 e. The Kier molecular flexibility index (Phi) is 7.91. The average Bonchev–Trinajstić information content (AvgIpc) is 2.45. The van der Waals surface area contributed by atoms with E-state index in [1.165, 1.54) is 0 Å². The van der Waals surface area contributed by atoms with Gasteiger partial charge in [0.2, 0.25) is 0 Å². The van der Waals surface area contributed by atoms with Crippen LogP contribution in [0.3, 0.4) is 0 Å². The number of likely N-dealkylation sites (N-methyl/N-ethyl adjacent to an activating group) is 1. The van der Waals surface area contributed by atoms with Crippen LogP contribution in [0.25, 0.3) is 0 Å². The SMILES string of the molecule is CCCNc1cc(NCCN(C)CC)nc(COC)n1. The van der Waals surface area contributed by atoms with Gasteiger partial charge in [-0.1, -0.05) is 13.8 Å². The van der Waals surface area contributed by atoms with Crippen molar-refractivity contribution >= 4 is 11.6 Å². The molecule has 0 spiro atoms. The first-order valence-corrected chi connectivity index (χ1v) is 7.22. The Morgan fingerprint density at radius 2 is 1.80 bits per heavy atom. The minimum absolute atomic E-state index is 0.422. The molecule has 0 aliphatic rings. The molecule has 6 heteroatoms. The van der Waals surface area contributed by atoms with E-state index in [0.717, 1.165) is 44.2 Å². The van der Waals surface area contributed by atoms with Gasteiger partial charge in [0.05, 0.1) is 0 Å². The Morgan fingerprint density at radius 3 is 2.35 bits per heavy atom. The second-order valence-corrected chi connectivity index (χ2v) is 4.74. The lowest BCUT2D eigenvalue weighted by atomic mass is 10.4. The van der Waals surface area contributed by atoms with Crippen molar-refractivity contribution in [1.82, 2.24) is 14.9 Å². The lowest BCUT2D eigenvalue weighted by molar-refractivity contribution is 0.178. The van der Waals surface area contributed by atoms with Crippen molar-refractivity contribution in [3.8, 4) is 0 Å². The maximum atomic E-state index is 5.11. The van der Waals surface area contributed by atoms with E-state index >= 15 is 0 Å². The molecule has 2 N–H and O–H groups in total. The van der Waals surface area contributed by atoms with Crippen molar-refractivity contribution in [2.45, 2.75) is 26.9 Å². The van der Waals surface area contributed by atoms with Crippen LogP contribution in [0.4, 0.5) is 11.6 Å². The number of nitrogens with zero attached hydrogens (tertiary/aromatic N) is 3. The zero-order valence-electron chi connectivity index (χ0n) is 13.1. The Hall–Kier alpha value is -1.40. The van der Waals surface area contributed by atoms with E-state index in [-0.39, 0.29) is 0 Å². The lowest BCUT2D eigenvalue weighted by Crippen LogP contribution is -2.25. The topological polar surface area (TPSA) is 62.3 Å². The number of ether oxygens (including phenoxy) is 1. The highest BCUT2D eigenvalue weighted by molar-refractivity contribution is 5.47. The fourth-order valence-corrected chi connectivity index (χ4v) is 1.66. The summed E-state index contributed by atoms with van der Waals surface area (Å²) in [6.45, 7) is 8.49. The molecular weight excluding hydrogens is 254 g/mol. The highest BCUT2D eigenvalue weighted by Gasteiger charge is 2.04. The lowest BCUT2D eigenvalue weighted by Gasteiger charge is -2.15. The Bertz CT molecular complexity index is 386. The van der Waals surface area contributed by atoms with Gasteiger partial charge in [-0.3, -0.25) is 0 Å². The minimum Gasteiger partial charge on any atom is -0.377 e. The van der Waals surface area contributed by atoms with Crippen LogP contribution >= 0.6 is 0 Å². The second kappa shape index (κ2) is 9.50. The summed E-state index contributed by atoms with van der Waals surface area (Å²) in [6, 6.07) is 1.95. The maximum Gasteiger partial charge on any atom is 0.158 e. The number of nitrogens with one attached hydrogen (secondary N) is 2. The molecule has 0 atom stereocenters. The summed E-state index contributed by atoms with van der Waals surface area (Å²) in [6.07, 6.45) is 1.06. The molecule has 0 unspecified atom stereocenters. The van der Waals surface area contributed by atoms with Crippen LogP contribution in [-0.2, 0) is 11.3 Å². The first-order chi connectivity index (χ1) is 9.69. The number of aromatic nitrogens is 2. The van der Waals surface area contributed by atoms with Crippen molar-refractivity contribution in [3.63, 3.8) is 0 Å².